The van der Waals surface area contributed by atoms with Crippen molar-refractivity contribution >= 4 is 40.6 Å². The molecule has 0 spiro atoms. The van der Waals surface area contributed by atoms with Crippen molar-refractivity contribution in [1.82, 2.24) is 4.98 Å². The highest BCUT2D eigenvalue weighted by Crippen LogP contribution is 2.28. The Hall–Kier alpha value is -2.18. The number of nitro benzene ring substituents is 1. The minimum Gasteiger partial charge on any atom is -0.305 e. The van der Waals surface area contributed by atoms with Crippen LogP contribution >= 0.6 is 23.2 Å². The number of rotatable bonds is 3. The highest BCUT2D eigenvalue weighted by Gasteiger charge is 2.20. The lowest BCUT2D eigenvalue weighted by Crippen LogP contribution is -2.14. The number of amides is 1. The summed E-state index contributed by atoms with van der Waals surface area (Å²) in [6.07, 6.45) is 1.45. The number of anilines is 1. The molecule has 6 nitrogen and oxygen atoms in total. The van der Waals surface area contributed by atoms with Gasteiger partial charge in [-0.3, -0.25) is 14.9 Å². The first-order valence-electron chi connectivity index (χ1n) is 5.35. The number of aromatic nitrogens is 1. The van der Waals surface area contributed by atoms with Crippen LogP contribution in [0.15, 0.2) is 36.5 Å². The molecular formula is C12H7Cl2N3O3. The topological polar surface area (TPSA) is 85.1 Å². The maximum absolute atomic E-state index is 12.0. The molecule has 8 heteroatoms. The average molecular weight is 312 g/mol. The molecule has 0 bridgehead atoms. The van der Waals surface area contributed by atoms with E-state index in [4.69, 9.17) is 23.2 Å². The molecule has 20 heavy (non-hydrogen) atoms. The first-order valence-corrected chi connectivity index (χ1v) is 6.11. The number of pyridine rings is 1. The smallest absolute Gasteiger partial charge is 0.288 e. The lowest BCUT2D eigenvalue weighted by molar-refractivity contribution is -0.384. The minimum atomic E-state index is -0.660. The molecule has 0 radical (unpaired) electrons. The second kappa shape index (κ2) is 5.85. The van der Waals surface area contributed by atoms with E-state index in [2.05, 4.69) is 10.3 Å². The van der Waals surface area contributed by atoms with E-state index in [1.54, 1.807) is 12.1 Å². The maximum atomic E-state index is 12.0. The first-order chi connectivity index (χ1) is 9.50. The zero-order valence-electron chi connectivity index (χ0n) is 9.84. The van der Waals surface area contributed by atoms with Crippen LogP contribution in [0.3, 0.4) is 0 Å². The number of nitrogens with one attached hydrogen (secondary N) is 1. The maximum Gasteiger partial charge on any atom is 0.288 e. The highest BCUT2D eigenvalue weighted by atomic mass is 35.5. The summed E-state index contributed by atoms with van der Waals surface area (Å²) >= 11 is 11.7. The number of hydrogen-bond acceptors (Lipinski definition) is 4. The monoisotopic (exact) mass is 311 g/mol. The largest absolute Gasteiger partial charge is 0.305 e. The summed E-state index contributed by atoms with van der Waals surface area (Å²) in [5.41, 5.74) is -0.367. The van der Waals surface area contributed by atoms with Gasteiger partial charge in [0.25, 0.3) is 11.6 Å². The van der Waals surface area contributed by atoms with Crippen molar-refractivity contribution in [3.8, 4) is 0 Å². The molecule has 0 fully saturated rings. The highest BCUT2D eigenvalue weighted by molar-refractivity contribution is 6.37. The van der Waals surface area contributed by atoms with Crippen molar-refractivity contribution in [2.75, 3.05) is 5.32 Å². The Bertz CT molecular complexity index is 691. The van der Waals surface area contributed by atoms with Crippen molar-refractivity contribution in [2.45, 2.75) is 0 Å². The number of hydrogen-bond donors (Lipinski definition) is 1. The Balaban J connectivity index is 2.33. The van der Waals surface area contributed by atoms with E-state index in [9.17, 15) is 14.9 Å². The molecule has 0 unspecified atom stereocenters. The van der Waals surface area contributed by atoms with Gasteiger partial charge < -0.3 is 5.32 Å². The summed E-state index contributed by atoms with van der Waals surface area (Å²) in [5.74, 6) is -0.471. The van der Waals surface area contributed by atoms with E-state index in [-0.39, 0.29) is 27.1 Å². The van der Waals surface area contributed by atoms with Crippen LogP contribution in [0.4, 0.5) is 11.5 Å². The average Bonchev–Trinajstić information content (AvgIpc) is 2.41. The normalized spacial score (nSPS) is 10.1. The molecule has 0 aliphatic carbocycles. The fourth-order valence-electron chi connectivity index (χ4n) is 1.49. The van der Waals surface area contributed by atoms with Crippen molar-refractivity contribution in [3.63, 3.8) is 0 Å². The third-order valence-corrected chi connectivity index (χ3v) is 3.11. The van der Waals surface area contributed by atoms with Crippen LogP contribution < -0.4 is 5.32 Å². The summed E-state index contributed by atoms with van der Waals surface area (Å²) < 4.78 is 0. The lowest BCUT2D eigenvalue weighted by Gasteiger charge is -2.07. The third-order valence-electron chi connectivity index (χ3n) is 2.41. The van der Waals surface area contributed by atoms with Crippen LogP contribution in [0.5, 0.6) is 0 Å². The quantitative estimate of drug-likeness (QED) is 0.693. The van der Waals surface area contributed by atoms with Crippen LogP contribution in [0.25, 0.3) is 0 Å². The van der Waals surface area contributed by atoms with E-state index in [1.807, 2.05) is 0 Å². The molecule has 1 aromatic heterocycles. The molecule has 102 valence electrons. The van der Waals surface area contributed by atoms with E-state index in [0.29, 0.717) is 0 Å². The van der Waals surface area contributed by atoms with Gasteiger partial charge in [0.1, 0.15) is 5.02 Å². The standard InChI is InChI=1S/C12H7Cl2N3O3/c13-8-4-2-6-15-11(8)16-12(18)7-3-1-5-9(10(7)14)17(19)20/h1-6H,(H,15,16,18). The molecule has 1 N–H and O–H groups in total. The number of nitrogens with zero attached hydrogens (tertiary/aromatic N) is 2. The Morgan fingerprint density at radius 3 is 2.65 bits per heavy atom. The summed E-state index contributed by atoms with van der Waals surface area (Å²) in [4.78, 5) is 26.0. The zero-order chi connectivity index (χ0) is 14.7. The number of benzene rings is 1. The van der Waals surface area contributed by atoms with Gasteiger partial charge in [0, 0.05) is 12.3 Å². The predicted octanol–water partition coefficient (Wildman–Crippen LogP) is 3.55. The van der Waals surface area contributed by atoms with Crippen molar-refractivity contribution in [3.05, 3.63) is 62.3 Å². The second-order valence-electron chi connectivity index (χ2n) is 3.68. The van der Waals surface area contributed by atoms with Crippen molar-refractivity contribution in [2.24, 2.45) is 0 Å². The van der Waals surface area contributed by atoms with Gasteiger partial charge >= 0.3 is 0 Å². The Labute approximate surface area is 123 Å². The van der Waals surface area contributed by atoms with Crippen molar-refractivity contribution in [1.29, 1.82) is 0 Å². The van der Waals surface area contributed by atoms with E-state index in [1.165, 1.54) is 24.4 Å². The summed E-state index contributed by atoms with van der Waals surface area (Å²) in [7, 11) is 0. The van der Waals surface area contributed by atoms with Gasteiger partial charge in [-0.05, 0) is 18.2 Å². The van der Waals surface area contributed by atoms with E-state index < -0.39 is 10.8 Å². The van der Waals surface area contributed by atoms with Crippen LogP contribution in [0, 0.1) is 10.1 Å². The molecule has 0 atom stereocenters. The second-order valence-corrected chi connectivity index (χ2v) is 4.47. The van der Waals surface area contributed by atoms with Crippen LogP contribution in [0.1, 0.15) is 10.4 Å². The van der Waals surface area contributed by atoms with Crippen LogP contribution in [0.2, 0.25) is 10.0 Å². The molecule has 1 heterocycles. The van der Waals surface area contributed by atoms with Gasteiger partial charge in [-0.2, -0.15) is 0 Å². The Morgan fingerprint density at radius 2 is 2.00 bits per heavy atom. The molecule has 0 aliphatic rings. The van der Waals surface area contributed by atoms with Gasteiger partial charge in [0.2, 0.25) is 0 Å². The summed E-state index contributed by atoms with van der Waals surface area (Å²) in [6.45, 7) is 0. The molecule has 1 amide bonds. The van der Waals surface area contributed by atoms with Gasteiger partial charge in [0.05, 0.1) is 15.5 Å². The number of carbonyl (C=O) groups is 1. The third kappa shape index (κ3) is 2.87. The van der Waals surface area contributed by atoms with Crippen LogP contribution in [-0.4, -0.2) is 15.8 Å². The fourth-order valence-corrected chi connectivity index (χ4v) is 1.94. The van der Waals surface area contributed by atoms with Gasteiger partial charge in [-0.15, -0.1) is 0 Å². The lowest BCUT2D eigenvalue weighted by atomic mass is 10.2. The fraction of sp³-hybridized carbons (Fsp3) is 0. The number of halogens is 2. The summed E-state index contributed by atoms with van der Waals surface area (Å²) in [5, 5.41) is 13.2. The molecular weight excluding hydrogens is 305 g/mol. The molecule has 0 saturated carbocycles. The van der Waals surface area contributed by atoms with Gasteiger partial charge in [-0.25, -0.2) is 4.98 Å². The predicted molar refractivity (Wildman–Crippen MR) is 75.3 cm³/mol. The van der Waals surface area contributed by atoms with Gasteiger partial charge in [0.15, 0.2) is 5.82 Å². The minimum absolute atomic E-state index is 0.0254. The van der Waals surface area contributed by atoms with Crippen molar-refractivity contribution < 1.29 is 9.72 Å². The summed E-state index contributed by atoms with van der Waals surface area (Å²) in [6, 6.07) is 7.13. The SMILES string of the molecule is O=C(Nc1ncccc1Cl)c1cccc([N+](=O)[O-])c1Cl. The van der Waals surface area contributed by atoms with E-state index >= 15 is 0 Å². The number of nitro groups is 1. The van der Waals surface area contributed by atoms with E-state index in [0.717, 1.165) is 0 Å². The zero-order valence-corrected chi connectivity index (χ0v) is 11.4. The Kier molecular flexibility index (Phi) is 4.16. The molecule has 2 rings (SSSR count). The molecule has 0 saturated heterocycles. The Morgan fingerprint density at radius 1 is 1.25 bits per heavy atom. The van der Waals surface area contributed by atoms with Gasteiger partial charge in [-0.1, -0.05) is 29.3 Å². The number of carbonyl (C=O) groups excluding carboxylic acids is 1. The molecule has 2 aromatic rings. The molecule has 1 aromatic carbocycles. The molecule has 0 aliphatic heterocycles. The first kappa shape index (κ1) is 14.2. The van der Waals surface area contributed by atoms with Crippen LogP contribution in [-0.2, 0) is 0 Å².